The Kier molecular flexibility index (Phi) is 5.73. The van der Waals surface area contributed by atoms with Crippen molar-refractivity contribution in [2.45, 2.75) is 12.8 Å². The van der Waals surface area contributed by atoms with Crippen LogP contribution in [0, 0.1) is 0 Å². The van der Waals surface area contributed by atoms with Crippen molar-refractivity contribution < 1.29 is 14.3 Å². The average molecular weight is 353 g/mol. The minimum absolute atomic E-state index is 0.263. The molecule has 2 aromatic carbocycles. The van der Waals surface area contributed by atoms with Gasteiger partial charge in [0.2, 0.25) is 0 Å². The van der Waals surface area contributed by atoms with Gasteiger partial charge in [-0.05, 0) is 31.0 Å². The highest BCUT2D eigenvalue weighted by Crippen LogP contribution is 2.36. The summed E-state index contributed by atoms with van der Waals surface area (Å²) in [5, 5.41) is 4.06. The number of amides is 1. The molecule has 2 aromatic rings. The van der Waals surface area contributed by atoms with Gasteiger partial charge in [0.05, 0.1) is 26.1 Å². The van der Waals surface area contributed by atoms with Crippen molar-refractivity contribution >= 4 is 17.8 Å². The maximum Gasteiger partial charge on any atom is 0.271 e. The zero-order valence-electron chi connectivity index (χ0n) is 15.1. The number of ether oxygens (including phenoxy) is 2. The highest BCUT2D eigenvalue weighted by atomic mass is 16.5. The first kappa shape index (κ1) is 17.8. The Labute approximate surface area is 153 Å². The molecular weight excluding hydrogens is 330 g/mol. The summed E-state index contributed by atoms with van der Waals surface area (Å²) in [6, 6.07) is 12.8. The fourth-order valence-corrected chi connectivity index (χ4v) is 3.03. The molecule has 0 radical (unpaired) electrons. The summed E-state index contributed by atoms with van der Waals surface area (Å²) < 4.78 is 11.0. The van der Waals surface area contributed by atoms with Crippen molar-refractivity contribution in [3.8, 4) is 11.5 Å². The van der Waals surface area contributed by atoms with Crippen molar-refractivity contribution in [2.24, 2.45) is 5.10 Å². The number of anilines is 1. The molecule has 1 aliphatic rings. The maximum absolute atomic E-state index is 12.1. The van der Waals surface area contributed by atoms with Gasteiger partial charge in [-0.1, -0.05) is 18.2 Å². The molecule has 0 aromatic heterocycles. The van der Waals surface area contributed by atoms with Crippen LogP contribution in [0.15, 0.2) is 47.6 Å². The van der Waals surface area contributed by atoms with E-state index in [-0.39, 0.29) is 5.91 Å². The third kappa shape index (κ3) is 3.96. The number of nitrogens with one attached hydrogen (secondary N) is 1. The molecule has 6 heteroatoms. The zero-order valence-corrected chi connectivity index (χ0v) is 15.1. The van der Waals surface area contributed by atoms with Crippen LogP contribution in [0.4, 0.5) is 5.69 Å². The first-order valence-corrected chi connectivity index (χ1v) is 8.62. The van der Waals surface area contributed by atoms with Crippen LogP contribution in [0.25, 0.3) is 0 Å². The molecule has 0 spiro atoms. The molecular formula is C20H23N3O3. The van der Waals surface area contributed by atoms with Crippen LogP contribution >= 0.6 is 0 Å². The topological polar surface area (TPSA) is 63.2 Å². The first-order chi connectivity index (χ1) is 12.7. The third-order valence-electron chi connectivity index (χ3n) is 4.38. The van der Waals surface area contributed by atoms with Crippen LogP contribution in [-0.4, -0.2) is 39.4 Å². The SMILES string of the molecule is COc1cc(N2CCCC2)c(OC)cc1/C=N\NC(=O)c1ccccc1. The fraction of sp³-hybridized carbons (Fsp3) is 0.300. The van der Waals surface area contributed by atoms with Gasteiger partial charge in [0, 0.05) is 30.3 Å². The smallest absolute Gasteiger partial charge is 0.271 e. The molecule has 1 N–H and O–H groups in total. The van der Waals surface area contributed by atoms with Crippen molar-refractivity contribution in [3.05, 3.63) is 53.6 Å². The molecule has 3 rings (SSSR count). The van der Waals surface area contributed by atoms with E-state index in [1.807, 2.05) is 30.3 Å². The van der Waals surface area contributed by atoms with Gasteiger partial charge in [0.25, 0.3) is 5.91 Å². The Hall–Kier alpha value is -3.02. The van der Waals surface area contributed by atoms with Crippen LogP contribution in [-0.2, 0) is 0 Å². The number of rotatable bonds is 6. The van der Waals surface area contributed by atoms with E-state index in [1.54, 1.807) is 32.6 Å². The predicted octanol–water partition coefficient (Wildman–Crippen LogP) is 3.07. The molecule has 0 aliphatic carbocycles. The molecule has 136 valence electrons. The van der Waals surface area contributed by atoms with Gasteiger partial charge in [-0.25, -0.2) is 5.43 Å². The second-order valence-electron chi connectivity index (χ2n) is 6.03. The molecule has 0 bridgehead atoms. The van der Waals surface area contributed by atoms with Crippen molar-refractivity contribution in [1.82, 2.24) is 5.43 Å². The predicted molar refractivity (Wildman–Crippen MR) is 102 cm³/mol. The largest absolute Gasteiger partial charge is 0.496 e. The number of hydrogen-bond donors (Lipinski definition) is 1. The Bertz CT molecular complexity index is 784. The standard InChI is InChI=1S/C20H23N3O3/c1-25-18-13-17(23-10-6-7-11-23)19(26-2)12-16(18)14-21-22-20(24)15-8-4-3-5-9-15/h3-5,8-9,12-14H,6-7,10-11H2,1-2H3,(H,22,24)/b21-14-. The third-order valence-corrected chi connectivity index (χ3v) is 4.38. The maximum atomic E-state index is 12.1. The van der Waals surface area contributed by atoms with Crippen LogP contribution < -0.4 is 19.8 Å². The number of benzene rings is 2. The molecule has 0 unspecified atom stereocenters. The number of hydrazone groups is 1. The van der Waals surface area contributed by atoms with E-state index in [4.69, 9.17) is 9.47 Å². The normalized spacial score (nSPS) is 13.8. The Morgan fingerprint density at radius 3 is 2.42 bits per heavy atom. The van der Waals surface area contributed by atoms with Gasteiger partial charge in [0.15, 0.2) is 0 Å². The van der Waals surface area contributed by atoms with E-state index >= 15 is 0 Å². The van der Waals surface area contributed by atoms with Gasteiger partial charge in [-0.15, -0.1) is 0 Å². The molecule has 1 fully saturated rings. The fourth-order valence-electron chi connectivity index (χ4n) is 3.03. The first-order valence-electron chi connectivity index (χ1n) is 8.62. The van der Waals surface area contributed by atoms with Crippen LogP contribution in [0.2, 0.25) is 0 Å². The quantitative estimate of drug-likeness (QED) is 0.640. The van der Waals surface area contributed by atoms with Gasteiger partial charge in [0.1, 0.15) is 11.5 Å². The van der Waals surface area contributed by atoms with Gasteiger partial charge >= 0.3 is 0 Å². The van der Waals surface area contributed by atoms with E-state index < -0.39 is 0 Å². The number of hydrogen-bond acceptors (Lipinski definition) is 5. The summed E-state index contributed by atoms with van der Waals surface area (Å²) in [6.07, 6.45) is 3.93. The molecule has 6 nitrogen and oxygen atoms in total. The summed E-state index contributed by atoms with van der Waals surface area (Å²) >= 11 is 0. The molecule has 26 heavy (non-hydrogen) atoms. The highest BCUT2D eigenvalue weighted by Gasteiger charge is 2.19. The lowest BCUT2D eigenvalue weighted by Gasteiger charge is -2.22. The van der Waals surface area contributed by atoms with Gasteiger partial charge in [-0.2, -0.15) is 5.10 Å². The molecule has 0 saturated carbocycles. The van der Waals surface area contributed by atoms with Crippen molar-refractivity contribution in [3.63, 3.8) is 0 Å². The average Bonchev–Trinajstić information content (AvgIpc) is 3.22. The Balaban J connectivity index is 1.79. The molecule has 1 heterocycles. The Morgan fingerprint density at radius 2 is 1.77 bits per heavy atom. The van der Waals surface area contributed by atoms with E-state index in [2.05, 4.69) is 15.4 Å². The number of carbonyl (C=O) groups excluding carboxylic acids is 1. The van der Waals surface area contributed by atoms with Gasteiger partial charge in [-0.3, -0.25) is 4.79 Å². The number of nitrogens with zero attached hydrogens (tertiary/aromatic N) is 2. The summed E-state index contributed by atoms with van der Waals surface area (Å²) in [5.74, 6) is 1.19. The summed E-state index contributed by atoms with van der Waals surface area (Å²) in [5.41, 5.74) is 4.84. The van der Waals surface area contributed by atoms with Crippen LogP contribution in [0.1, 0.15) is 28.8 Å². The molecule has 1 saturated heterocycles. The van der Waals surface area contributed by atoms with Crippen LogP contribution in [0.5, 0.6) is 11.5 Å². The lowest BCUT2D eigenvalue weighted by Crippen LogP contribution is -2.19. The molecule has 1 amide bonds. The van der Waals surface area contributed by atoms with E-state index in [1.165, 1.54) is 12.8 Å². The van der Waals surface area contributed by atoms with E-state index in [9.17, 15) is 4.79 Å². The second-order valence-corrected chi connectivity index (χ2v) is 6.03. The summed E-state index contributed by atoms with van der Waals surface area (Å²) in [4.78, 5) is 14.3. The number of methoxy groups -OCH3 is 2. The molecule has 0 atom stereocenters. The van der Waals surface area contributed by atoms with Crippen LogP contribution in [0.3, 0.4) is 0 Å². The summed E-state index contributed by atoms with van der Waals surface area (Å²) in [7, 11) is 3.27. The minimum atomic E-state index is -0.263. The lowest BCUT2D eigenvalue weighted by atomic mass is 10.1. The van der Waals surface area contributed by atoms with E-state index in [0.29, 0.717) is 11.3 Å². The van der Waals surface area contributed by atoms with Crippen molar-refractivity contribution in [2.75, 3.05) is 32.2 Å². The van der Waals surface area contributed by atoms with E-state index in [0.717, 1.165) is 30.1 Å². The Morgan fingerprint density at radius 1 is 1.08 bits per heavy atom. The monoisotopic (exact) mass is 353 g/mol. The number of carbonyl (C=O) groups is 1. The zero-order chi connectivity index (χ0) is 18.4. The highest BCUT2D eigenvalue weighted by molar-refractivity contribution is 5.95. The van der Waals surface area contributed by atoms with Gasteiger partial charge < -0.3 is 14.4 Å². The second kappa shape index (κ2) is 8.38. The lowest BCUT2D eigenvalue weighted by molar-refractivity contribution is 0.0955. The summed E-state index contributed by atoms with van der Waals surface area (Å²) in [6.45, 7) is 2.03. The van der Waals surface area contributed by atoms with Crippen molar-refractivity contribution in [1.29, 1.82) is 0 Å². The molecule has 1 aliphatic heterocycles. The minimum Gasteiger partial charge on any atom is -0.496 e.